The molecule has 2 aromatic carbocycles. The Balaban J connectivity index is 1.56. The molecule has 0 aliphatic heterocycles. The van der Waals surface area contributed by atoms with Gasteiger partial charge < -0.3 is 9.30 Å². The SMILES string of the molecule is Cn1cnnc1SCc1ccc(C(=O)NN=Cc2ccccc2OC(F)F)cc1. The van der Waals surface area contributed by atoms with Crippen LogP contribution in [0.2, 0.25) is 0 Å². The van der Waals surface area contributed by atoms with Crippen molar-refractivity contribution in [2.45, 2.75) is 17.5 Å². The molecule has 0 aliphatic rings. The molecule has 0 bridgehead atoms. The van der Waals surface area contributed by atoms with E-state index in [-0.39, 0.29) is 5.75 Å². The number of benzene rings is 2. The third-order valence-corrected chi connectivity index (χ3v) is 4.86. The molecule has 0 fully saturated rings. The molecule has 1 heterocycles. The van der Waals surface area contributed by atoms with Crippen LogP contribution in [0.5, 0.6) is 5.75 Å². The van der Waals surface area contributed by atoms with Gasteiger partial charge in [0.05, 0.1) is 6.21 Å². The van der Waals surface area contributed by atoms with Crippen molar-refractivity contribution in [3.8, 4) is 5.75 Å². The van der Waals surface area contributed by atoms with Crippen molar-refractivity contribution in [3.63, 3.8) is 0 Å². The molecule has 1 aromatic heterocycles. The van der Waals surface area contributed by atoms with Gasteiger partial charge in [0.25, 0.3) is 5.91 Å². The molecule has 0 aliphatic carbocycles. The van der Waals surface area contributed by atoms with Gasteiger partial charge in [-0.05, 0) is 29.8 Å². The molecule has 1 N–H and O–H groups in total. The number of carbonyl (C=O) groups is 1. The number of thioether (sulfide) groups is 1. The predicted octanol–water partition coefficient (Wildman–Crippen LogP) is 3.47. The summed E-state index contributed by atoms with van der Waals surface area (Å²) in [6.45, 7) is -2.94. The number of hydrogen-bond donors (Lipinski definition) is 1. The van der Waals surface area contributed by atoms with E-state index in [2.05, 4.69) is 25.5 Å². The fraction of sp³-hybridized carbons (Fsp3) is 0.158. The fourth-order valence-corrected chi connectivity index (χ4v) is 3.16. The predicted molar refractivity (Wildman–Crippen MR) is 105 cm³/mol. The molecule has 10 heteroatoms. The first-order valence-electron chi connectivity index (χ1n) is 8.46. The Hall–Kier alpha value is -3.27. The molecule has 1 amide bonds. The number of rotatable bonds is 8. The minimum Gasteiger partial charge on any atom is -0.434 e. The molecular weight excluding hydrogens is 400 g/mol. The third-order valence-electron chi connectivity index (χ3n) is 3.76. The zero-order valence-electron chi connectivity index (χ0n) is 15.3. The van der Waals surface area contributed by atoms with Crippen LogP contribution >= 0.6 is 11.8 Å². The van der Waals surface area contributed by atoms with Gasteiger partial charge in [-0.15, -0.1) is 10.2 Å². The van der Waals surface area contributed by atoms with Crippen LogP contribution in [0.25, 0.3) is 0 Å². The van der Waals surface area contributed by atoms with Crippen molar-refractivity contribution >= 4 is 23.9 Å². The number of aryl methyl sites for hydroxylation is 1. The van der Waals surface area contributed by atoms with Gasteiger partial charge in [-0.2, -0.15) is 13.9 Å². The molecular formula is C19H17F2N5O2S. The topological polar surface area (TPSA) is 81.4 Å². The Morgan fingerprint density at radius 3 is 2.72 bits per heavy atom. The van der Waals surface area contributed by atoms with E-state index in [0.29, 0.717) is 16.9 Å². The van der Waals surface area contributed by atoms with E-state index in [1.54, 1.807) is 36.7 Å². The maximum atomic E-state index is 12.4. The minimum absolute atomic E-state index is 0.0229. The summed E-state index contributed by atoms with van der Waals surface area (Å²) in [5.74, 6) is 0.249. The molecule has 3 aromatic rings. The van der Waals surface area contributed by atoms with E-state index in [1.165, 1.54) is 24.0 Å². The van der Waals surface area contributed by atoms with Crippen LogP contribution in [0.15, 0.2) is 65.1 Å². The number of para-hydroxylation sites is 1. The molecule has 0 saturated carbocycles. The standard InChI is InChI=1S/C19H17F2N5O2S/c1-26-12-23-25-19(26)29-11-13-6-8-14(9-7-13)17(27)24-22-10-15-4-2-3-5-16(15)28-18(20)21/h2-10,12,18H,11H2,1H3,(H,24,27). The number of hydrogen-bond acceptors (Lipinski definition) is 6. The lowest BCUT2D eigenvalue weighted by Gasteiger charge is -2.07. The average molecular weight is 417 g/mol. The van der Waals surface area contributed by atoms with E-state index in [0.717, 1.165) is 10.7 Å². The first kappa shape index (κ1) is 20.5. The molecule has 29 heavy (non-hydrogen) atoms. The van der Waals surface area contributed by atoms with Gasteiger partial charge in [0.2, 0.25) is 0 Å². The van der Waals surface area contributed by atoms with Crippen LogP contribution in [-0.4, -0.2) is 33.5 Å². The van der Waals surface area contributed by atoms with E-state index in [1.807, 2.05) is 23.7 Å². The minimum atomic E-state index is -2.94. The zero-order valence-corrected chi connectivity index (χ0v) is 16.1. The monoisotopic (exact) mass is 417 g/mol. The van der Waals surface area contributed by atoms with Gasteiger partial charge in [-0.3, -0.25) is 4.79 Å². The highest BCUT2D eigenvalue weighted by molar-refractivity contribution is 7.98. The lowest BCUT2D eigenvalue weighted by Crippen LogP contribution is -2.17. The van der Waals surface area contributed by atoms with Crippen molar-refractivity contribution in [2.75, 3.05) is 0 Å². The maximum Gasteiger partial charge on any atom is 0.387 e. The van der Waals surface area contributed by atoms with Crippen LogP contribution in [0, 0.1) is 0 Å². The summed E-state index contributed by atoms with van der Waals surface area (Å²) in [5.41, 5.74) is 4.14. The van der Waals surface area contributed by atoms with E-state index >= 15 is 0 Å². The lowest BCUT2D eigenvalue weighted by atomic mass is 10.1. The van der Waals surface area contributed by atoms with E-state index < -0.39 is 12.5 Å². The number of nitrogens with zero attached hydrogens (tertiary/aromatic N) is 4. The Labute approximate surface area is 169 Å². The van der Waals surface area contributed by atoms with Crippen molar-refractivity contribution in [1.82, 2.24) is 20.2 Å². The number of alkyl halides is 2. The van der Waals surface area contributed by atoms with Gasteiger partial charge in [0, 0.05) is 23.9 Å². The number of aromatic nitrogens is 3. The van der Waals surface area contributed by atoms with Gasteiger partial charge in [-0.25, -0.2) is 5.43 Å². The summed E-state index contributed by atoms with van der Waals surface area (Å²) in [6, 6.07) is 13.2. The van der Waals surface area contributed by atoms with E-state index in [9.17, 15) is 13.6 Å². The lowest BCUT2D eigenvalue weighted by molar-refractivity contribution is -0.0499. The second kappa shape index (κ2) is 9.78. The van der Waals surface area contributed by atoms with Crippen LogP contribution in [-0.2, 0) is 12.8 Å². The Bertz CT molecular complexity index is 992. The van der Waals surface area contributed by atoms with E-state index in [4.69, 9.17) is 0 Å². The zero-order chi connectivity index (χ0) is 20.6. The molecule has 150 valence electrons. The maximum absolute atomic E-state index is 12.4. The van der Waals surface area contributed by atoms with Crippen LogP contribution in [0.3, 0.4) is 0 Å². The number of halogens is 2. The number of amides is 1. The highest BCUT2D eigenvalue weighted by Gasteiger charge is 2.08. The molecule has 0 unspecified atom stereocenters. The summed E-state index contributed by atoms with van der Waals surface area (Å²) >= 11 is 1.54. The summed E-state index contributed by atoms with van der Waals surface area (Å²) in [6.07, 6.45) is 2.88. The number of carbonyl (C=O) groups excluding carboxylic acids is 1. The summed E-state index contributed by atoms with van der Waals surface area (Å²) in [7, 11) is 1.87. The Morgan fingerprint density at radius 1 is 1.28 bits per heavy atom. The smallest absolute Gasteiger partial charge is 0.387 e. The average Bonchev–Trinajstić information content (AvgIpc) is 3.12. The highest BCUT2D eigenvalue weighted by Crippen LogP contribution is 2.20. The van der Waals surface area contributed by atoms with Crippen molar-refractivity contribution in [3.05, 3.63) is 71.5 Å². The number of ether oxygens (including phenoxy) is 1. The summed E-state index contributed by atoms with van der Waals surface area (Å²) in [4.78, 5) is 12.2. The van der Waals surface area contributed by atoms with Gasteiger partial charge in [-0.1, -0.05) is 36.0 Å². The van der Waals surface area contributed by atoms with Gasteiger partial charge in [0.1, 0.15) is 12.1 Å². The molecule has 0 atom stereocenters. The van der Waals surface area contributed by atoms with Crippen molar-refractivity contribution < 1.29 is 18.3 Å². The Morgan fingerprint density at radius 2 is 2.03 bits per heavy atom. The van der Waals surface area contributed by atoms with Gasteiger partial charge >= 0.3 is 6.61 Å². The Kier molecular flexibility index (Phi) is 6.90. The first-order chi connectivity index (χ1) is 14.0. The first-order valence-corrected chi connectivity index (χ1v) is 9.44. The highest BCUT2D eigenvalue weighted by atomic mass is 32.2. The van der Waals surface area contributed by atoms with Crippen LogP contribution < -0.4 is 10.2 Å². The summed E-state index contributed by atoms with van der Waals surface area (Å²) < 4.78 is 31.1. The van der Waals surface area contributed by atoms with Crippen molar-refractivity contribution in [2.24, 2.45) is 12.1 Å². The molecule has 0 saturated heterocycles. The van der Waals surface area contributed by atoms with Crippen molar-refractivity contribution in [1.29, 1.82) is 0 Å². The normalized spacial score (nSPS) is 11.2. The fourth-order valence-electron chi connectivity index (χ4n) is 2.32. The van der Waals surface area contributed by atoms with Crippen LogP contribution in [0.1, 0.15) is 21.5 Å². The number of nitrogens with one attached hydrogen (secondary N) is 1. The largest absolute Gasteiger partial charge is 0.434 e. The molecule has 3 rings (SSSR count). The molecule has 0 radical (unpaired) electrons. The second-order valence-electron chi connectivity index (χ2n) is 5.83. The van der Waals surface area contributed by atoms with Gasteiger partial charge in [0.15, 0.2) is 5.16 Å². The molecule has 0 spiro atoms. The number of hydrazone groups is 1. The summed E-state index contributed by atoms with van der Waals surface area (Å²) in [5, 5.41) is 12.4. The molecule has 7 nitrogen and oxygen atoms in total. The van der Waals surface area contributed by atoms with Crippen LogP contribution in [0.4, 0.5) is 8.78 Å². The second-order valence-corrected chi connectivity index (χ2v) is 6.77. The quantitative estimate of drug-likeness (QED) is 0.345. The third kappa shape index (κ3) is 5.85.